The number of carbonyl (C=O) groups excluding carboxylic acids is 2. The smallest absolute Gasteiger partial charge is 0.251 e. The van der Waals surface area contributed by atoms with Crippen molar-refractivity contribution in [1.29, 1.82) is 0 Å². The fourth-order valence-electron chi connectivity index (χ4n) is 3.65. The first-order chi connectivity index (χ1) is 15.0. The number of amides is 2. The molecule has 0 unspecified atom stereocenters. The molecule has 1 aliphatic rings. The molecule has 2 amide bonds. The van der Waals surface area contributed by atoms with Crippen LogP contribution in [-0.4, -0.2) is 64.3 Å². The fourth-order valence-corrected chi connectivity index (χ4v) is 3.65. The highest BCUT2D eigenvalue weighted by Gasteiger charge is 2.22. The summed E-state index contributed by atoms with van der Waals surface area (Å²) in [5.41, 5.74) is 8.55. The van der Waals surface area contributed by atoms with Crippen LogP contribution < -0.4 is 11.1 Å². The van der Waals surface area contributed by atoms with Crippen LogP contribution >= 0.6 is 0 Å². The Morgan fingerprint density at radius 1 is 1.00 bits per heavy atom. The van der Waals surface area contributed by atoms with Gasteiger partial charge < -0.3 is 16.0 Å². The van der Waals surface area contributed by atoms with Gasteiger partial charge in [0, 0.05) is 37.1 Å². The number of rotatable bonds is 5. The average Bonchev–Trinajstić information content (AvgIpc) is 2.78. The maximum Gasteiger partial charge on any atom is 0.251 e. The number of aryl methyl sites for hydroxylation is 1. The Morgan fingerprint density at radius 2 is 1.71 bits per heavy atom. The number of carbonyl (C=O) groups is 2. The van der Waals surface area contributed by atoms with Crippen LogP contribution in [0.25, 0.3) is 10.9 Å². The summed E-state index contributed by atoms with van der Waals surface area (Å²) in [6.45, 7) is 5.18. The number of nitrogen functional groups attached to an aromatic ring is 1. The van der Waals surface area contributed by atoms with Gasteiger partial charge in [0.2, 0.25) is 5.91 Å². The van der Waals surface area contributed by atoms with Gasteiger partial charge in [0.1, 0.15) is 11.6 Å². The molecule has 0 aliphatic carbocycles. The van der Waals surface area contributed by atoms with Gasteiger partial charge in [-0.15, -0.1) is 0 Å². The molecule has 0 saturated carbocycles. The molecule has 3 N–H and O–H groups in total. The number of hydrogen-bond donors (Lipinski definition) is 2. The molecule has 1 fully saturated rings. The number of nitrogens with one attached hydrogen (secondary N) is 1. The Hall–Kier alpha value is -3.52. The van der Waals surface area contributed by atoms with Crippen molar-refractivity contribution in [1.82, 2.24) is 25.1 Å². The number of anilines is 1. The number of nitrogens with two attached hydrogens (primary N) is 1. The summed E-state index contributed by atoms with van der Waals surface area (Å²) in [4.78, 5) is 37.7. The maximum absolute atomic E-state index is 12.5. The lowest BCUT2D eigenvalue weighted by Gasteiger charge is -2.34. The Bertz CT molecular complexity index is 1090. The molecule has 1 aromatic heterocycles. The number of benzene rings is 2. The van der Waals surface area contributed by atoms with Crippen molar-refractivity contribution in [3.63, 3.8) is 0 Å². The van der Waals surface area contributed by atoms with E-state index in [0.717, 1.165) is 16.5 Å². The van der Waals surface area contributed by atoms with E-state index < -0.39 is 0 Å². The third kappa shape index (κ3) is 4.97. The molecule has 3 aromatic rings. The highest BCUT2D eigenvalue weighted by molar-refractivity contribution is 5.96. The molecular formula is C23H26N6O2. The second-order valence-corrected chi connectivity index (χ2v) is 7.75. The average molecular weight is 419 g/mol. The first kappa shape index (κ1) is 20.7. The van der Waals surface area contributed by atoms with Gasteiger partial charge >= 0.3 is 0 Å². The molecule has 160 valence electrons. The number of hydrogen-bond acceptors (Lipinski definition) is 6. The van der Waals surface area contributed by atoms with E-state index >= 15 is 0 Å². The van der Waals surface area contributed by atoms with Crippen LogP contribution in [0.3, 0.4) is 0 Å². The van der Waals surface area contributed by atoms with Gasteiger partial charge in [0.25, 0.3) is 5.91 Å². The molecule has 1 saturated heterocycles. The normalized spacial score (nSPS) is 14.5. The van der Waals surface area contributed by atoms with Crippen molar-refractivity contribution in [2.24, 2.45) is 0 Å². The lowest BCUT2D eigenvalue weighted by molar-refractivity contribution is -0.131. The zero-order chi connectivity index (χ0) is 21.8. The van der Waals surface area contributed by atoms with Gasteiger partial charge in [-0.25, -0.2) is 9.97 Å². The quantitative estimate of drug-likeness (QED) is 0.652. The van der Waals surface area contributed by atoms with Crippen LogP contribution in [0.4, 0.5) is 5.82 Å². The van der Waals surface area contributed by atoms with Crippen molar-refractivity contribution in [3.05, 3.63) is 65.5 Å². The highest BCUT2D eigenvalue weighted by atomic mass is 16.2. The number of piperazine rings is 1. The molecule has 0 radical (unpaired) electrons. The number of para-hydroxylation sites is 1. The Labute approximate surface area is 181 Å². The van der Waals surface area contributed by atoms with Crippen LogP contribution in [0.15, 0.2) is 48.5 Å². The number of aromatic nitrogens is 2. The highest BCUT2D eigenvalue weighted by Crippen LogP contribution is 2.18. The zero-order valence-electron chi connectivity index (χ0n) is 17.5. The molecular weight excluding hydrogens is 392 g/mol. The minimum absolute atomic E-state index is 0.00295. The van der Waals surface area contributed by atoms with E-state index in [0.29, 0.717) is 49.9 Å². The van der Waals surface area contributed by atoms with Gasteiger partial charge in [-0.1, -0.05) is 29.8 Å². The fraction of sp³-hybridized carbons (Fsp3) is 0.304. The van der Waals surface area contributed by atoms with Crippen LogP contribution in [-0.2, 0) is 11.3 Å². The minimum atomic E-state index is -0.238. The largest absolute Gasteiger partial charge is 0.383 e. The van der Waals surface area contributed by atoms with Crippen molar-refractivity contribution in [3.8, 4) is 0 Å². The van der Waals surface area contributed by atoms with Crippen LogP contribution in [0.1, 0.15) is 21.7 Å². The molecule has 8 heteroatoms. The molecule has 31 heavy (non-hydrogen) atoms. The molecule has 8 nitrogen and oxygen atoms in total. The molecule has 0 atom stereocenters. The Morgan fingerprint density at radius 3 is 2.45 bits per heavy atom. The zero-order valence-corrected chi connectivity index (χ0v) is 17.5. The summed E-state index contributed by atoms with van der Waals surface area (Å²) in [7, 11) is 0. The van der Waals surface area contributed by atoms with Crippen molar-refractivity contribution in [2.75, 3.05) is 38.5 Å². The summed E-state index contributed by atoms with van der Waals surface area (Å²) in [6, 6.07) is 15.0. The second-order valence-electron chi connectivity index (χ2n) is 7.75. The maximum atomic E-state index is 12.5. The van der Waals surface area contributed by atoms with Crippen molar-refractivity contribution >= 4 is 28.5 Å². The van der Waals surface area contributed by atoms with E-state index in [1.807, 2.05) is 43.3 Å². The van der Waals surface area contributed by atoms with E-state index in [1.165, 1.54) is 0 Å². The Kier molecular flexibility index (Phi) is 6.08. The van der Waals surface area contributed by atoms with Gasteiger partial charge in [-0.2, -0.15) is 0 Å². The van der Waals surface area contributed by atoms with Gasteiger partial charge in [-0.05, 0) is 31.2 Å². The minimum Gasteiger partial charge on any atom is -0.383 e. The second kappa shape index (κ2) is 9.09. The van der Waals surface area contributed by atoms with E-state index in [1.54, 1.807) is 17.0 Å². The van der Waals surface area contributed by atoms with E-state index in [4.69, 9.17) is 5.73 Å². The molecule has 2 aromatic carbocycles. The monoisotopic (exact) mass is 418 g/mol. The third-order valence-corrected chi connectivity index (χ3v) is 5.48. The predicted octanol–water partition coefficient (Wildman–Crippen LogP) is 1.59. The van der Waals surface area contributed by atoms with Crippen LogP contribution in [0.5, 0.6) is 0 Å². The van der Waals surface area contributed by atoms with Crippen molar-refractivity contribution < 1.29 is 9.59 Å². The lowest BCUT2D eigenvalue weighted by Crippen LogP contribution is -2.51. The van der Waals surface area contributed by atoms with E-state index in [-0.39, 0.29) is 18.4 Å². The SMILES string of the molecule is Cc1ccc(C(=O)NCC(=O)N2CCN(Cc3nc(N)c4ccccc4n3)CC2)cc1. The third-order valence-electron chi connectivity index (χ3n) is 5.48. The summed E-state index contributed by atoms with van der Waals surface area (Å²) in [6.07, 6.45) is 0. The first-order valence-corrected chi connectivity index (χ1v) is 10.4. The standard InChI is InChI=1S/C23H26N6O2/c1-16-6-8-17(9-7-16)23(31)25-14-21(30)29-12-10-28(11-13-29)15-20-26-19-5-3-2-4-18(19)22(24)27-20/h2-9H,10-15H2,1H3,(H,25,31)(H2,24,26,27). The van der Waals surface area contributed by atoms with Gasteiger partial charge in [-0.3, -0.25) is 14.5 Å². The van der Waals surface area contributed by atoms with E-state index in [9.17, 15) is 9.59 Å². The molecule has 0 bridgehead atoms. The lowest BCUT2D eigenvalue weighted by atomic mass is 10.1. The molecule has 0 spiro atoms. The molecule has 2 heterocycles. The van der Waals surface area contributed by atoms with Crippen molar-refractivity contribution in [2.45, 2.75) is 13.5 Å². The molecule has 4 rings (SSSR count). The summed E-state index contributed by atoms with van der Waals surface area (Å²) in [5.74, 6) is 0.851. The number of nitrogens with zero attached hydrogens (tertiary/aromatic N) is 4. The van der Waals surface area contributed by atoms with Gasteiger partial charge in [0.15, 0.2) is 0 Å². The first-order valence-electron chi connectivity index (χ1n) is 10.4. The molecule has 1 aliphatic heterocycles. The topological polar surface area (TPSA) is 104 Å². The Balaban J connectivity index is 1.27. The van der Waals surface area contributed by atoms with Crippen LogP contribution in [0.2, 0.25) is 0 Å². The summed E-state index contributed by atoms with van der Waals surface area (Å²) >= 11 is 0. The number of fused-ring (bicyclic) bond motifs is 1. The van der Waals surface area contributed by atoms with E-state index in [2.05, 4.69) is 20.2 Å². The summed E-state index contributed by atoms with van der Waals surface area (Å²) < 4.78 is 0. The van der Waals surface area contributed by atoms with Gasteiger partial charge in [0.05, 0.1) is 18.6 Å². The van der Waals surface area contributed by atoms with Crippen LogP contribution in [0, 0.1) is 6.92 Å². The predicted molar refractivity (Wildman–Crippen MR) is 119 cm³/mol. The summed E-state index contributed by atoms with van der Waals surface area (Å²) in [5, 5.41) is 3.57.